The zero-order chi connectivity index (χ0) is 22.8. The zero-order valence-electron chi connectivity index (χ0n) is 18.1. The van der Waals surface area contributed by atoms with Gasteiger partial charge in [-0.15, -0.1) is 0 Å². The van der Waals surface area contributed by atoms with Crippen molar-refractivity contribution in [2.45, 2.75) is 19.9 Å². The van der Waals surface area contributed by atoms with Crippen molar-refractivity contribution in [1.29, 1.82) is 0 Å². The fourth-order valence-corrected chi connectivity index (χ4v) is 3.59. The molecule has 0 spiro atoms. The number of nitrogens with one attached hydrogen (secondary N) is 1. The second kappa shape index (κ2) is 8.66. The Morgan fingerprint density at radius 3 is 2.53 bits per heavy atom. The monoisotopic (exact) mass is 435 g/mol. The Balaban J connectivity index is 1.74. The van der Waals surface area contributed by atoms with Crippen molar-refractivity contribution < 1.29 is 23.2 Å². The van der Waals surface area contributed by atoms with Crippen molar-refractivity contribution in [2.75, 3.05) is 14.2 Å². The highest BCUT2D eigenvalue weighted by molar-refractivity contribution is 6.09. The van der Waals surface area contributed by atoms with Gasteiger partial charge in [0, 0.05) is 16.8 Å². The van der Waals surface area contributed by atoms with Gasteiger partial charge >= 0.3 is 0 Å². The van der Waals surface area contributed by atoms with E-state index >= 15 is 0 Å². The number of ether oxygens (including phenoxy) is 2. The van der Waals surface area contributed by atoms with Gasteiger partial charge in [0.15, 0.2) is 0 Å². The number of hydrogen-bond acceptors (Lipinski definition) is 6. The Morgan fingerprint density at radius 1 is 1.09 bits per heavy atom. The summed E-state index contributed by atoms with van der Waals surface area (Å²) in [5, 5.41) is 7.56. The van der Waals surface area contributed by atoms with Crippen LogP contribution in [-0.2, 0) is 0 Å². The van der Waals surface area contributed by atoms with Crippen LogP contribution in [0.5, 0.6) is 11.5 Å². The number of nitrogens with zero attached hydrogens (tertiary/aromatic N) is 2. The van der Waals surface area contributed by atoms with Crippen LogP contribution in [0.25, 0.3) is 22.4 Å². The van der Waals surface area contributed by atoms with Crippen molar-refractivity contribution in [1.82, 2.24) is 15.5 Å². The van der Waals surface area contributed by atoms with E-state index in [0.29, 0.717) is 39.4 Å². The van der Waals surface area contributed by atoms with Crippen molar-refractivity contribution in [3.05, 3.63) is 71.2 Å². The van der Waals surface area contributed by atoms with Crippen molar-refractivity contribution in [2.24, 2.45) is 0 Å². The molecule has 1 N–H and O–H groups in total. The van der Waals surface area contributed by atoms with E-state index in [9.17, 15) is 9.18 Å². The van der Waals surface area contributed by atoms with Gasteiger partial charge in [-0.25, -0.2) is 9.37 Å². The molecule has 2 heterocycles. The first-order valence-corrected chi connectivity index (χ1v) is 9.97. The largest absolute Gasteiger partial charge is 0.497 e. The van der Waals surface area contributed by atoms with Crippen LogP contribution in [0, 0.1) is 12.7 Å². The summed E-state index contributed by atoms with van der Waals surface area (Å²) in [5.74, 6) is 0.590. The normalized spacial score (nSPS) is 11.9. The standard InChI is InChI=1S/C24H22FN3O4/c1-13-11-19(21-22(28-32-24(21)26-13)15-5-7-16(25)8-6-15)23(29)27-14(2)18-12-17(30-3)9-10-20(18)31-4/h5-12,14H,1-4H3,(H,27,29)/t14-/m0/s1. The average Bonchev–Trinajstić information content (AvgIpc) is 3.22. The van der Waals surface area contributed by atoms with E-state index < -0.39 is 0 Å². The third-order valence-electron chi connectivity index (χ3n) is 5.19. The van der Waals surface area contributed by atoms with E-state index in [1.54, 1.807) is 51.5 Å². The number of aromatic nitrogens is 2. The fourth-order valence-electron chi connectivity index (χ4n) is 3.59. The summed E-state index contributed by atoms with van der Waals surface area (Å²) in [6.45, 7) is 3.62. The molecule has 32 heavy (non-hydrogen) atoms. The number of aryl methyl sites for hydroxylation is 1. The first-order valence-electron chi connectivity index (χ1n) is 9.97. The van der Waals surface area contributed by atoms with E-state index in [2.05, 4.69) is 15.5 Å². The Labute approximate surface area is 184 Å². The lowest BCUT2D eigenvalue weighted by Crippen LogP contribution is -2.27. The minimum atomic E-state index is -0.384. The maximum Gasteiger partial charge on any atom is 0.259 e. The molecule has 0 aliphatic rings. The summed E-state index contributed by atoms with van der Waals surface area (Å²) in [4.78, 5) is 17.7. The molecule has 0 unspecified atom stereocenters. The van der Waals surface area contributed by atoms with Crippen LogP contribution in [0.15, 0.2) is 53.1 Å². The zero-order valence-corrected chi connectivity index (χ0v) is 18.1. The number of rotatable bonds is 6. The van der Waals surface area contributed by atoms with E-state index in [0.717, 1.165) is 5.56 Å². The van der Waals surface area contributed by atoms with Crippen LogP contribution in [0.2, 0.25) is 0 Å². The van der Waals surface area contributed by atoms with Gasteiger partial charge < -0.3 is 19.3 Å². The quantitative estimate of drug-likeness (QED) is 0.466. The van der Waals surface area contributed by atoms with E-state index in [-0.39, 0.29) is 23.5 Å². The number of methoxy groups -OCH3 is 2. The predicted octanol–water partition coefficient (Wildman–Crippen LogP) is 4.85. The van der Waals surface area contributed by atoms with Gasteiger partial charge in [-0.3, -0.25) is 4.79 Å². The van der Waals surface area contributed by atoms with Crippen LogP contribution < -0.4 is 14.8 Å². The van der Waals surface area contributed by atoms with Gasteiger partial charge in [0.05, 0.1) is 31.2 Å². The molecule has 0 bridgehead atoms. The first-order chi connectivity index (χ1) is 15.4. The van der Waals surface area contributed by atoms with Crippen LogP contribution in [-0.4, -0.2) is 30.3 Å². The molecule has 0 radical (unpaired) electrons. The van der Waals surface area contributed by atoms with Crippen LogP contribution >= 0.6 is 0 Å². The molecule has 2 aromatic carbocycles. The molecule has 8 heteroatoms. The number of fused-ring (bicyclic) bond motifs is 1. The van der Waals surface area contributed by atoms with Gasteiger partial charge in [-0.1, -0.05) is 5.16 Å². The average molecular weight is 435 g/mol. The Hall–Kier alpha value is -3.94. The number of halogens is 1. The lowest BCUT2D eigenvalue weighted by atomic mass is 10.0. The first kappa shape index (κ1) is 21.3. The summed E-state index contributed by atoms with van der Waals surface area (Å²) in [5.41, 5.74) is 3.02. The molecule has 7 nitrogen and oxygen atoms in total. The molecule has 4 aromatic rings. The number of amides is 1. The minimum absolute atomic E-state index is 0.237. The molecule has 0 aliphatic heterocycles. The van der Waals surface area contributed by atoms with E-state index in [1.807, 2.05) is 13.0 Å². The van der Waals surface area contributed by atoms with Gasteiger partial charge in [-0.2, -0.15) is 0 Å². The Bertz CT molecular complexity index is 1280. The minimum Gasteiger partial charge on any atom is -0.497 e. The van der Waals surface area contributed by atoms with Gasteiger partial charge in [0.1, 0.15) is 23.0 Å². The molecule has 0 fully saturated rings. The lowest BCUT2D eigenvalue weighted by molar-refractivity contribution is 0.0941. The molecule has 0 saturated heterocycles. The highest BCUT2D eigenvalue weighted by Crippen LogP contribution is 2.32. The third kappa shape index (κ3) is 3.99. The number of hydrogen-bond donors (Lipinski definition) is 1. The molecular formula is C24H22FN3O4. The molecular weight excluding hydrogens is 413 g/mol. The van der Waals surface area contributed by atoms with Crippen molar-refractivity contribution in [3.8, 4) is 22.8 Å². The summed E-state index contributed by atoms with van der Waals surface area (Å²) in [7, 11) is 3.15. The number of carbonyl (C=O) groups is 1. The van der Waals surface area contributed by atoms with Crippen LogP contribution in [0.4, 0.5) is 4.39 Å². The second-order valence-electron chi connectivity index (χ2n) is 7.33. The highest BCUT2D eigenvalue weighted by Gasteiger charge is 2.23. The molecule has 2 aromatic heterocycles. The van der Waals surface area contributed by atoms with Gasteiger partial charge in [0.25, 0.3) is 11.6 Å². The van der Waals surface area contributed by atoms with Gasteiger partial charge in [0.2, 0.25) is 0 Å². The predicted molar refractivity (Wildman–Crippen MR) is 117 cm³/mol. The SMILES string of the molecule is COc1ccc(OC)c([C@H](C)NC(=O)c2cc(C)nc3onc(-c4ccc(F)cc4)c23)c1. The summed E-state index contributed by atoms with van der Waals surface area (Å²) in [6.07, 6.45) is 0. The molecule has 0 saturated carbocycles. The summed E-state index contributed by atoms with van der Waals surface area (Å²) < 4.78 is 29.5. The maximum atomic E-state index is 13.4. The number of pyridine rings is 1. The molecule has 1 amide bonds. The Morgan fingerprint density at radius 2 is 1.84 bits per heavy atom. The molecule has 0 aliphatic carbocycles. The number of carbonyl (C=O) groups excluding carboxylic acids is 1. The molecule has 164 valence electrons. The van der Waals surface area contributed by atoms with Gasteiger partial charge in [-0.05, 0) is 62.4 Å². The third-order valence-corrected chi connectivity index (χ3v) is 5.19. The number of benzene rings is 2. The van der Waals surface area contributed by atoms with Crippen LogP contribution in [0.1, 0.15) is 34.6 Å². The second-order valence-corrected chi connectivity index (χ2v) is 7.33. The van der Waals surface area contributed by atoms with E-state index in [1.165, 1.54) is 12.1 Å². The Kier molecular flexibility index (Phi) is 5.77. The molecule has 1 atom stereocenters. The van der Waals surface area contributed by atoms with Crippen molar-refractivity contribution >= 4 is 17.0 Å². The summed E-state index contributed by atoms with van der Waals surface area (Å²) >= 11 is 0. The fraction of sp³-hybridized carbons (Fsp3) is 0.208. The summed E-state index contributed by atoms with van der Waals surface area (Å²) in [6, 6.07) is 12.5. The lowest BCUT2D eigenvalue weighted by Gasteiger charge is -2.18. The molecule has 4 rings (SSSR count). The topological polar surface area (TPSA) is 86.5 Å². The van der Waals surface area contributed by atoms with Crippen molar-refractivity contribution in [3.63, 3.8) is 0 Å². The van der Waals surface area contributed by atoms with Crippen LogP contribution in [0.3, 0.4) is 0 Å². The smallest absolute Gasteiger partial charge is 0.259 e. The van der Waals surface area contributed by atoms with E-state index in [4.69, 9.17) is 14.0 Å². The highest BCUT2D eigenvalue weighted by atomic mass is 19.1. The maximum absolute atomic E-state index is 13.4.